The zero-order chi connectivity index (χ0) is 21.5. The van der Waals surface area contributed by atoms with E-state index >= 15 is 0 Å². The summed E-state index contributed by atoms with van der Waals surface area (Å²) in [6, 6.07) is 15.6. The van der Waals surface area contributed by atoms with Crippen LogP contribution in [0.5, 0.6) is 5.75 Å². The lowest BCUT2D eigenvalue weighted by atomic mass is 9.92. The summed E-state index contributed by atoms with van der Waals surface area (Å²) in [5.74, 6) is 0.487. The Hall–Kier alpha value is -3.15. The highest BCUT2D eigenvalue weighted by Crippen LogP contribution is 2.21. The lowest BCUT2D eigenvalue weighted by Crippen LogP contribution is -2.44. The monoisotopic (exact) mass is 409 g/mol. The Labute approximate surface area is 176 Å². The summed E-state index contributed by atoms with van der Waals surface area (Å²) in [5.41, 5.74) is 1.14. The number of likely N-dealkylation sites (tertiary alicyclic amines) is 1. The quantitative estimate of drug-likeness (QED) is 0.518. The molecule has 2 atom stereocenters. The van der Waals surface area contributed by atoms with Crippen LogP contribution in [0.1, 0.15) is 36.2 Å². The number of piperidine rings is 1. The van der Waals surface area contributed by atoms with Crippen molar-refractivity contribution in [2.75, 3.05) is 26.3 Å². The van der Waals surface area contributed by atoms with E-state index < -0.39 is 5.97 Å². The first-order chi connectivity index (χ1) is 14.4. The Morgan fingerprint density at radius 2 is 1.47 bits per heavy atom. The Kier molecular flexibility index (Phi) is 7.22. The number of ether oxygens (including phenoxy) is 2. The van der Waals surface area contributed by atoms with Crippen LogP contribution in [0.15, 0.2) is 54.6 Å². The van der Waals surface area contributed by atoms with E-state index in [2.05, 4.69) is 13.8 Å². The van der Waals surface area contributed by atoms with Crippen molar-refractivity contribution in [3.05, 3.63) is 65.7 Å². The van der Waals surface area contributed by atoms with Gasteiger partial charge in [0.2, 0.25) is 0 Å². The SMILES string of the molecule is C[C@@H]1C[C@H](C)CN(C(=O)COC(=O)COc2ccc(C(=O)c3ccccc3)cc2)C1. The lowest BCUT2D eigenvalue weighted by Gasteiger charge is -2.34. The first kappa shape index (κ1) is 21.6. The average molecular weight is 409 g/mol. The molecule has 0 N–H and O–H groups in total. The second-order valence-corrected chi connectivity index (χ2v) is 7.91. The maximum Gasteiger partial charge on any atom is 0.344 e. The molecule has 1 aliphatic rings. The average Bonchev–Trinajstić information content (AvgIpc) is 2.75. The summed E-state index contributed by atoms with van der Waals surface area (Å²) in [4.78, 5) is 38.3. The molecule has 0 saturated carbocycles. The Bertz CT molecular complexity index is 868. The van der Waals surface area contributed by atoms with E-state index in [0.29, 0.717) is 41.8 Å². The Morgan fingerprint density at radius 1 is 0.867 bits per heavy atom. The topological polar surface area (TPSA) is 72.9 Å². The molecule has 6 nitrogen and oxygen atoms in total. The van der Waals surface area contributed by atoms with Crippen molar-refractivity contribution in [3.63, 3.8) is 0 Å². The number of carbonyl (C=O) groups is 3. The van der Waals surface area contributed by atoms with Gasteiger partial charge >= 0.3 is 5.97 Å². The predicted molar refractivity (Wildman–Crippen MR) is 112 cm³/mol. The van der Waals surface area contributed by atoms with Gasteiger partial charge in [0, 0.05) is 24.2 Å². The number of rotatable bonds is 7. The van der Waals surface area contributed by atoms with E-state index in [1.807, 2.05) is 18.2 Å². The van der Waals surface area contributed by atoms with Crippen molar-refractivity contribution in [1.82, 2.24) is 4.90 Å². The summed E-state index contributed by atoms with van der Waals surface area (Å²) >= 11 is 0. The van der Waals surface area contributed by atoms with Crippen LogP contribution in [0, 0.1) is 11.8 Å². The summed E-state index contributed by atoms with van der Waals surface area (Å²) < 4.78 is 10.5. The summed E-state index contributed by atoms with van der Waals surface area (Å²) in [6.45, 7) is 5.07. The number of benzene rings is 2. The van der Waals surface area contributed by atoms with Crippen molar-refractivity contribution in [1.29, 1.82) is 0 Å². The van der Waals surface area contributed by atoms with Gasteiger partial charge < -0.3 is 14.4 Å². The van der Waals surface area contributed by atoms with Crippen molar-refractivity contribution in [2.24, 2.45) is 11.8 Å². The molecule has 6 heteroatoms. The molecule has 158 valence electrons. The molecule has 0 bridgehead atoms. The highest BCUT2D eigenvalue weighted by molar-refractivity contribution is 6.08. The Morgan fingerprint density at radius 3 is 2.10 bits per heavy atom. The van der Waals surface area contributed by atoms with Crippen LogP contribution in [0.2, 0.25) is 0 Å². The highest BCUT2D eigenvalue weighted by Gasteiger charge is 2.25. The minimum Gasteiger partial charge on any atom is -0.482 e. The van der Waals surface area contributed by atoms with Gasteiger partial charge in [-0.25, -0.2) is 4.79 Å². The van der Waals surface area contributed by atoms with Crippen LogP contribution in [0.4, 0.5) is 0 Å². The zero-order valence-corrected chi connectivity index (χ0v) is 17.4. The third-order valence-electron chi connectivity index (χ3n) is 5.09. The first-order valence-electron chi connectivity index (χ1n) is 10.2. The number of hydrogen-bond acceptors (Lipinski definition) is 5. The van der Waals surface area contributed by atoms with Gasteiger partial charge in [0.1, 0.15) is 5.75 Å². The second-order valence-electron chi connectivity index (χ2n) is 7.91. The van der Waals surface area contributed by atoms with E-state index in [1.165, 1.54) is 0 Å². The van der Waals surface area contributed by atoms with E-state index in [9.17, 15) is 14.4 Å². The van der Waals surface area contributed by atoms with E-state index in [-0.39, 0.29) is 24.9 Å². The van der Waals surface area contributed by atoms with Gasteiger partial charge in [0.25, 0.3) is 5.91 Å². The third-order valence-corrected chi connectivity index (χ3v) is 5.09. The number of esters is 1. The molecule has 0 aromatic heterocycles. The lowest BCUT2D eigenvalue weighted by molar-refractivity contribution is -0.154. The van der Waals surface area contributed by atoms with E-state index in [1.54, 1.807) is 41.3 Å². The molecule has 3 rings (SSSR count). The van der Waals surface area contributed by atoms with Crippen LogP contribution < -0.4 is 4.74 Å². The molecule has 2 aromatic rings. The summed E-state index contributed by atoms with van der Waals surface area (Å²) in [5, 5.41) is 0. The molecule has 0 radical (unpaired) electrons. The smallest absolute Gasteiger partial charge is 0.344 e. The maximum atomic E-state index is 12.4. The molecule has 0 unspecified atom stereocenters. The van der Waals surface area contributed by atoms with Gasteiger partial charge in [0.15, 0.2) is 19.0 Å². The fourth-order valence-electron chi connectivity index (χ4n) is 3.74. The van der Waals surface area contributed by atoms with Crippen LogP contribution >= 0.6 is 0 Å². The standard InChI is InChI=1S/C24H27NO5/c1-17-12-18(2)14-25(13-17)22(26)15-30-23(27)16-29-21-10-8-20(9-11-21)24(28)19-6-4-3-5-7-19/h3-11,17-18H,12-16H2,1-2H3/t17-,18+. The van der Waals surface area contributed by atoms with Crippen molar-refractivity contribution in [3.8, 4) is 5.75 Å². The van der Waals surface area contributed by atoms with Gasteiger partial charge in [-0.2, -0.15) is 0 Å². The summed E-state index contributed by atoms with van der Waals surface area (Å²) in [6.07, 6.45) is 1.10. The molecule has 1 saturated heterocycles. The maximum absolute atomic E-state index is 12.4. The molecule has 30 heavy (non-hydrogen) atoms. The number of hydrogen-bond donors (Lipinski definition) is 0. The number of nitrogens with zero attached hydrogens (tertiary/aromatic N) is 1. The van der Waals surface area contributed by atoms with Crippen molar-refractivity contribution >= 4 is 17.7 Å². The highest BCUT2D eigenvalue weighted by atomic mass is 16.6. The minimum absolute atomic E-state index is 0.0820. The molecule has 0 aliphatic carbocycles. The van der Waals surface area contributed by atoms with E-state index in [4.69, 9.17) is 9.47 Å². The fraction of sp³-hybridized carbons (Fsp3) is 0.375. The third kappa shape index (κ3) is 5.92. The predicted octanol–water partition coefficient (Wildman–Crippen LogP) is 3.34. The first-order valence-corrected chi connectivity index (χ1v) is 10.2. The number of carbonyl (C=O) groups excluding carboxylic acids is 3. The van der Waals surface area contributed by atoms with Gasteiger partial charge in [-0.15, -0.1) is 0 Å². The van der Waals surface area contributed by atoms with Crippen LogP contribution in [-0.2, 0) is 14.3 Å². The van der Waals surface area contributed by atoms with Crippen molar-refractivity contribution in [2.45, 2.75) is 20.3 Å². The summed E-state index contributed by atoms with van der Waals surface area (Å²) in [7, 11) is 0. The molecular formula is C24H27NO5. The largest absolute Gasteiger partial charge is 0.482 e. The molecule has 1 aliphatic heterocycles. The van der Waals surface area contributed by atoms with Gasteiger partial charge in [-0.05, 0) is 42.5 Å². The number of amides is 1. The molecule has 2 aromatic carbocycles. The molecular weight excluding hydrogens is 382 g/mol. The minimum atomic E-state index is -0.606. The molecule has 1 amide bonds. The Balaban J connectivity index is 1.43. The molecule has 1 heterocycles. The van der Waals surface area contributed by atoms with Gasteiger partial charge in [-0.1, -0.05) is 44.2 Å². The number of ketones is 1. The zero-order valence-electron chi connectivity index (χ0n) is 17.4. The van der Waals surface area contributed by atoms with Gasteiger partial charge in [-0.3, -0.25) is 9.59 Å². The fourth-order valence-corrected chi connectivity index (χ4v) is 3.74. The van der Waals surface area contributed by atoms with Crippen molar-refractivity contribution < 1.29 is 23.9 Å². The van der Waals surface area contributed by atoms with Crippen LogP contribution in [0.25, 0.3) is 0 Å². The van der Waals surface area contributed by atoms with E-state index in [0.717, 1.165) is 6.42 Å². The normalized spacial score (nSPS) is 18.5. The second kappa shape index (κ2) is 10.1. The van der Waals surface area contributed by atoms with Gasteiger partial charge in [0.05, 0.1) is 0 Å². The van der Waals surface area contributed by atoms with Crippen LogP contribution in [0.3, 0.4) is 0 Å². The van der Waals surface area contributed by atoms with Crippen LogP contribution in [-0.4, -0.2) is 48.9 Å². The molecule has 0 spiro atoms. The molecule has 1 fully saturated rings.